The van der Waals surface area contributed by atoms with Crippen LogP contribution in [0.15, 0.2) is 48.7 Å². The smallest absolute Gasteiger partial charge is 0.252 e. The zero-order valence-electron chi connectivity index (χ0n) is 18.7. The number of carbonyl (C=O) groups is 1. The van der Waals surface area contributed by atoms with Crippen LogP contribution in [0.2, 0.25) is 0 Å². The number of nitrogens with one attached hydrogen (secondary N) is 2. The van der Waals surface area contributed by atoms with E-state index in [4.69, 9.17) is 20.9 Å². The van der Waals surface area contributed by atoms with Gasteiger partial charge in [-0.2, -0.15) is 0 Å². The molecule has 0 radical (unpaired) electrons. The lowest BCUT2D eigenvalue weighted by molar-refractivity contribution is 0.100. The van der Waals surface area contributed by atoms with E-state index in [2.05, 4.69) is 20.6 Å². The first-order chi connectivity index (χ1) is 16.3. The number of primary amides is 1. The van der Waals surface area contributed by atoms with E-state index < -0.39 is 29.6 Å². The summed E-state index contributed by atoms with van der Waals surface area (Å²) in [6.07, 6.45) is 1.50. The highest BCUT2D eigenvalue weighted by Gasteiger charge is 2.22. The zero-order valence-corrected chi connectivity index (χ0v) is 18.7. The number of carbonyl (C=O) groups excluding carboxylic acids is 1. The molecule has 34 heavy (non-hydrogen) atoms. The predicted octanol–water partition coefficient (Wildman–Crippen LogP) is 3.12. The van der Waals surface area contributed by atoms with Crippen LogP contribution in [0.25, 0.3) is 0 Å². The van der Waals surface area contributed by atoms with Crippen LogP contribution >= 0.6 is 0 Å². The monoisotopic (exact) mass is 472 g/mol. The molecule has 3 aromatic rings. The molecule has 0 aliphatic rings. The van der Waals surface area contributed by atoms with Crippen LogP contribution in [-0.4, -0.2) is 42.2 Å². The number of hydrogen-bond acceptors (Lipinski definition) is 8. The van der Waals surface area contributed by atoms with Crippen molar-refractivity contribution in [3.8, 4) is 5.88 Å². The summed E-state index contributed by atoms with van der Waals surface area (Å²) in [5.41, 5.74) is 12.5. The number of pyridine rings is 2. The molecular formula is C23H26F2N6O3. The van der Waals surface area contributed by atoms with Crippen molar-refractivity contribution in [3.05, 3.63) is 71.4 Å². The van der Waals surface area contributed by atoms with E-state index in [9.17, 15) is 13.6 Å². The molecule has 0 saturated carbocycles. The maximum absolute atomic E-state index is 14.9. The number of halogens is 2. The SMILES string of the molecule is COCCOc1cc(Nc2nc(N[C@H](c3ccc(F)cc3)[C@H](C)N)c(F)cc2C(N)=O)ccn1. The molecule has 0 spiro atoms. The number of amides is 1. The molecule has 2 atom stereocenters. The van der Waals surface area contributed by atoms with Gasteiger partial charge in [0.1, 0.15) is 18.2 Å². The lowest BCUT2D eigenvalue weighted by Gasteiger charge is -2.24. The minimum Gasteiger partial charge on any atom is -0.475 e. The van der Waals surface area contributed by atoms with Gasteiger partial charge in [0, 0.05) is 31.1 Å². The summed E-state index contributed by atoms with van der Waals surface area (Å²) < 4.78 is 38.6. The Morgan fingerprint density at radius 1 is 1.12 bits per heavy atom. The molecule has 0 aliphatic heterocycles. The molecule has 0 bridgehead atoms. The number of anilines is 3. The molecule has 3 rings (SSSR count). The standard InChI is InChI=1S/C23H26F2N6O3/c1-13(26)20(14-3-5-15(24)6-4-14)30-23-18(25)12-17(21(27)32)22(31-23)29-16-7-8-28-19(11-16)34-10-9-33-2/h3-8,11-13,20H,9-10,26H2,1-2H3,(H2,27,32)(H2,28,29,30,31)/t13-,20-/m0/s1. The third-order valence-corrected chi connectivity index (χ3v) is 4.82. The number of ether oxygens (including phenoxy) is 2. The van der Waals surface area contributed by atoms with Crippen molar-refractivity contribution >= 4 is 23.2 Å². The van der Waals surface area contributed by atoms with Crippen molar-refractivity contribution in [2.24, 2.45) is 11.5 Å². The average molecular weight is 472 g/mol. The number of benzene rings is 1. The third kappa shape index (κ3) is 6.36. The minimum atomic E-state index is -0.867. The Balaban J connectivity index is 1.91. The van der Waals surface area contributed by atoms with E-state index in [1.807, 2.05) is 0 Å². The van der Waals surface area contributed by atoms with Crippen LogP contribution in [0.5, 0.6) is 5.88 Å². The molecule has 9 nitrogen and oxygen atoms in total. The van der Waals surface area contributed by atoms with Gasteiger partial charge in [-0.15, -0.1) is 0 Å². The van der Waals surface area contributed by atoms with Crippen LogP contribution < -0.4 is 26.8 Å². The maximum atomic E-state index is 14.9. The van der Waals surface area contributed by atoms with Crippen molar-refractivity contribution in [2.45, 2.75) is 19.0 Å². The Morgan fingerprint density at radius 3 is 2.50 bits per heavy atom. The molecule has 1 amide bonds. The average Bonchev–Trinajstić information content (AvgIpc) is 2.80. The molecule has 2 aromatic heterocycles. The first kappa shape index (κ1) is 24.8. The lowest BCUT2D eigenvalue weighted by Crippen LogP contribution is -2.31. The summed E-state index contributed by atoms with van der Waals surface area (Å²) in [4.78, 5) is 20.3. The Labute approximate surface area is 195 Å². The molecule has 1 aromatic carbocycles. The predicted molar refractivity (Wildman–Crippen MR) is 124 cm³/mol. The number of aromatic nitrogens is 2. The Bertz CT molecular complexity index is 1130. The Hall–Kier alpha value is -3.83. The van der Waals surface area contributed by atoms with Crippen molar-refractivity contribution in [2.75, 3.05) is 31.0 Å². The lowest BCUT2D eigenvalue weighted by atomic mass is 10.0. The molecule has 180 valence electrons. The second kappa shape index (κ2) is 11.3. The van der Waals surface area contributed by atoms with Gasteiger partial charge in [0.25, 0.3) is 5.91 Å². The van der Waals surface area contributed by atoms with Gasteiger partial charge in [0.05, 0.1) is 18.2 Å². The van der Waals surface area contributed by atoms with Crippen LogP contribution in [0, 0.1) is 11.6 Å². The quantitative estimate of drug-likeness (QED) is 0.312. The van der Waals surface area contributed by atoms with Crippen molar-refractivity contribution < 1.29 is 23.0 Å². The number of rotatable bonds is 11. The van der Waals surface area contributed by atoms with Crippen LogP contribution in [0.4, 0.5) is 26.1 Å². The van der Waals surface area contributed by atoms with E-state index >= 15 is 0 Å². The van der Waals surface area contributed by atoms with Crippen LogP contribution in [0.3, 0.4) is 0 Å². The fraction of sp³-hybridized carbons (Fsp3) is 0.261. The summed E-state index contributed by atoms with van der Waals surface area (Å²) in [7, 11) is 1.55. The molecule has 11 heteroatoms. The van der Waals surface area contributed by atoms with E-state index in [0.29, 0.717) is 30.3 Å². The van der Waals surface area contributed by atoms with Gasteiger partial charge >= 0.3 is 0 Å². The summed E-state index contributed by atoms with van der Waals surface area (Å²) in [6.45, 7) is 2.40. The molecule has 0 saturated heterocycles. The first-order valence-electron chi connectivity index (χ1n) is 10.4. The van der Waals surface area contributed by atoms with Crippen molar-refractivity contribution in [1.82, 2.24) is 9.97 Å². The first-order valence-corrected chi connectivity index (χ1v) is 10.4. The van der Waals surface area contributed by atoms with E-state index in [1.54, 1.807) is 38.3 Å². The van der Waals surface area contributed by atoms with E-state index in [-0.39, 0.29) is 17.2 Å². The molecule has 6 N–H and O–H groups in total. The second-order valence-electron chi connectivity index (χ2n) is 7.46. The van der Waals surface area contributed by atoms with Gasteiger partial charge < -0.3 is 31.6 Å². The zero-order chi connectivity index (χ0) is 24.7. The van der Waals surface area contributed by atoms with Gasteiger partial charge in [-0.1, -0.05) is 12.1 Å². The number of nitrogens with zero attached hydrogens (tertiary/aromatic N) is 2. The van der Waals surface area contributed by atoms with Gasteiger partial charge in [0.2, 0.25) is 5.88 Å². The fourth-order valence-electron chi connectivity index (χ4n) is 3.14. The van der Waals surface area contributed by atoms with Crippen molar-refractivity contribution in [1.29, 1.82) is 0 Å². The number of nitrogens with two attached hydrogens (primary N) is 2. The molecule has 2 heterocycles. The van der Waals surface area contributed by atoms with Crippen LogP contribution in [-0.2, 0) is 4.74 Å². The topological polar surface area (TPSA) is 137 Å². The minimum absolute atomic E-state index is 0.0213. The highest BCUT2D eigenvalue weighted by atomic mass is 19.1. The van der Waals surface area contributed by atoms with E-state index in [0.717, 1.165) is 6.07 Å². The van der Waals surface area contributed by atoms with Gasteiger partial charge in [-0.05, 0) is 36.8 Å². The van der Waals surface area contributed by atoms with E-state index in [1.165, 1.54) is 18.3 Å². The number of hydrogen-bond donors (Lipinski definition) is 4. The highest BCUT2D eigenvalue weighted by molar-refractivity contribution is 5.98. The normalized spacial score (nSPS) is 12.6. The maximum Gasteiger partial charge on any atom is 0.252 e. The van der Waals surface area contributed by atoms with Crippen LogP contribution in [0.1, 0.15) is 28.9 Å². The van der Waals surface area contributed by atoms with Gasteiger partial charge in [-0.3, -0.25) is 4.79 Å². The Morgan fingerprint density at radius 2 is 1.85 bits per heavy atom. The summed E-state index contributed by atoms with van der Waals surface area (Å²) >= 11 is 0. The molecule has 0 unspecified atom stereocenters. The largest absolute Gasteiger partial charge is 0.475 e. The van der Waals surface area contributed by atoms with Gasteiger partial charge in [0.15, 0.2) is 11.6 Å². The molecule has 0 fully saturated rings. The van der Waals surface area contributed by atoms with Crippen molar-refractivity contribution in [3.63, 3.8) is 0 Å². The molecular weight excluding hydrogens is 446 g/mol. The fourth-order valence-corrected chi connectivity index (χ4v) is 3.14. The molecule has 0 aliphatic carbocycles. The summed E-state index contributed by atoms with van der Waals surface area (Å²) in [6, 6.07) is 8.80. The third-order valence-electron chi connectivity index (χ3n) is 4.82. The van der Waals surface area contributed by atoms with Gasteiger partial charge in [-0.25, -0.2) is 18.7 Å². The number of methoxy groups -OCH3 is 1. The Kier molecular flexibility index (Phi) is 8.28. The summed E-state index contributed by atoms with van der Waals surface area (Å²) in [5.74, 6) is -1.90. The second-order valence-corrected chi connectivity index (χ2v) is 7.46. The highest BCUT2D eigenvalue weighted by Crippen LogP contribution is 2.28. The summed E-state index contributed by atoms with van der Waals surface area (Å²) in [5, 5.41) is 5.90.